The van der Waals surface area contributed by atoms with Gasteiger partial charge in [0.2, 0.25) is 5.95 Å². The van der Waals surface area contributed by atoms with Crippen molar-refractivity contribution in [3.05, 3.63) is 16.7 Å². The Morgan fingerprint density at radius 3 is 2.64 bits per heavy atom. The van der Waals surface area contributed by atoms with Crippen LogP contribution in [0.4, 0.5) is 5.95 Å². The highest BCUT2D eigenvalue weighted by Crippen LogP contribution is 2.31. The Labute approximate surface area is 164 Å². The maximum Gasteiger partial charge on any atom is 0.330 e. The molecule has 2 heterocycles. The minimum Gasteiger partial charge on any atom is -0.469 e. The summed E-state index contributed by atoms with van der Waals surface area (Å²) < 4.78 is 13.3. The van der Waals surface area contributed by atoms with Crippen molar-refractivity contribution in [2.24, 2.45) is 18.9 Å². The summed E-state index contributed by atoms with van der Waals surface area (Å²) in [6.07, 6.45) is 5.10. The first-order valence-electron chi connectivity index (χ1n) is 9.66. The number of fused-ring (bicyclic) bond motifs is 1. The zero-order valence-electron chi connectivity index (χ0n) is 17.1. The van der Waals surface area contributed by atoms with Gasteiger partial charge in [0.25, 0.3) is 0 Å². The quantitative estimate of drug-likeness (QED) is 0.655. The van der Waals surface area contributed by atoms with Crippen molar-refractivity contribution in [2.45, 2.75) is 32.2 Å². The molecule has 0 aromatic carbocycles. The number of hydrogen-bond donors (Lipinski definition) is 0. The Kier molecular flexibility index (Phi) is 6.33. The van der Waals surface area contributed by atoms with Crippen LogP contribution in [-0.4, -0.2) is 59.5 Å². The number of esters is 1. The third kappa shape index (κ3) is 4.04. The van der Waals surface area contributed by atoms with Crippen molar-refractivity contribution < 1.29 is 14.3 Å². The van der Waals surface area contributed by atoms with Crippen LogP contribution in [0.25, 0.3) is 11.2 Å². The lowest BCUT2D eigenvalue weighted by Gasteiger charge is -2.27. The number of carbonyl (C=O) groups is 1. The van der Waals surface area contributed by atoms with Crippen molar-refractivity contribution in [3.8, 4) is 0 Å². The van der Waals surface area contributed by atoms with E-state index in [1.807, 2.05) is 11.9 Å². The summed E-state index contributed by atoms with van der Waals surface area (Å²) in [4.78, 5) is 35.5. The molecule has 1 saturated carbocycles. The van der Waals surface area contributed by atoms with E-state index in [0.717, 1.165) is 31.2 Å². The highest BCUT2D eigenvalue weighted by Gasteiger charge is 2.28. The third-order valence-electron chi connectivity index (χ3n) is 5.67. The maximum absolute atomic E-state index is 12.8. The number of anilines is 1. The monoisotopic (exact) mass is 391 g/mol. The van der Waals surface area contributed by atoms with Crippen LogP contribution in [0.3, 0.4) is 0 Å². The Morgan fingerprint density at radius 2 is 2.00 bits per heavy atom. The number of carbonyl (C=O) groups excluding carboxylic acids is 1. The maximum atomic E-state index is 12.8. The smallest absolute Gasteiger partial charge is 0.330 e. The van der Waals surface area contributed by atoms with E-state index in [1.54, 1.807) is 29.5 Å². The van der Waals surface area contributed by atoms with Crippen LogP contribution in [0.2, 0.25) is 0 Å². The predicted octanol–water partition coefficient (Wildman–Crippen LogP) is 1.19. The lowest BCUT2D eigenvalue weighted by Crippen LogP contribution is -2.29. The van der Waals surface area contributed by atoms with E-state index in [4.69, 9.17) is 9.47 Å². The number of likely N-dealkylation sites (N-methyl/N-ethyl adjacent to an activating group) is 1. The lowest BCUT2D eigenvalue weighted by molar-refractivity contribution is -0.146. The highest BCUT2D eigenvalue weighted by molar-refractivity contribution is 5.72. The number of nitrogens with zero attached hydrogens (tertiary/aromatic N) is 5. The van der Waals surface area contributed by atoms with Crippen molar-refractivity contribution >= 4 is 23.1 Å². The van der Waals surface area contributed by atoms with Gasteiger partial charge in [-0.2, -0.15) is 4.98 Å². The first-order valence-corrected chi connectivity index (χ1v) is 9.66. The number of methoxy groups -OCH3 is 2. The molecule has 0 radical (unpaired) electrons. The molecular weight excluding hydrogens is 362 g/mol. The molecule has 3 rings (SSSR count). The Balaban J connectivity index is 1.81. The molecule has 0 spiro atoms. The van der Waals surface area contributed by atoms with Gasteiger partial charge >= 0.3 is 11.7 Å². The van der Waals surface area contributed by atoms with Crippen LogP contribution in [0.1, 0.15) is 25.7 Å². The Bertz CT molecular complexity index is 882. The summed E-state index contributed by atoms with van der Waals surface area (Å²) in [6, 6.07) is 0. The molecule has 9 nitrogen and oxygen atoms in total. The van der Waals surface area contributed by atoms with Gasteiger partial charge in [0.05, 0.1) is 25.8 Å². The fourth-order valence-electron chi connectivity index (χ4n) is 3.85. The third-order valence-corrected chi connectivity index (χ3v) is 5.67. The van der Waals surface area contributed by atoms with E-state index >= 15 is 0 Å². The molecule has 1 aliphatic carbocycles. The number of rotatable bonds is 7. The molecule has 28 heavy (non-hydrogen) atoms. The highest BCUT2D eigenvalue weighted by atomic mass is 16.5. The van der Waals surface area contributed by atoms with Crippen LogP contribution >= 0.6 is 0 Å². The van der Waals surface area contributed by atoms with Crippen molar-refractivity contribution in [1.29, 1.82) is 0 Å². The Hall–Kier alpha value is -2.42. The predicted molar refractivity (Wildman–Crippen MR) is 105 cm³/mol. The van der Waals surface area contributed by atoms with E-state index in [9.17, 15) is 9.59 Å². The fourth-order valence-corrected chi connectivity index (χ4v) is 3.85. The molecule has 2 aromatic heterocycles. The van der Waals surface area contributed by atoms with Crippen molar-refractivity contribution in [2.75, 3.05) is 39.3 Å². The van der Waals surface area contributed by atoms with Gasteiger partial charge in [0.15, 0.2) is 5.65 Å². The van der Waals surface area contributed by atoms with Gasteiger partial charge in [-0.25, -0.2) is 9.78 Å². The zero-order chi connectivity index (χ0) is 20.3. The summed E-state index contributed by atoms with van der Waals surface area (Å²) in [5, 5.41) is 0. The summed E-state index contributed by atoms with van der Waals surface area (Å²) in [5.74, 6) is 0.762. The summed E-state index contributed by atoms with van der Waals surface area (Å²) in [6.45, 7) is 1.84. The van der Waals surface area contributed by atoms with Crippen molar-refractivity contribution in [1.82, 2.24) is 19.1 Å². The first-order chi connectivity index (χ1) is 13.5. The van der Waals surface area contributed by atoms with Gasteiger partial charge in [0.1, 0.15) is 5.52 Å². The van der Waals surface area contributed by atoms with Gasteiger partial charge in [-0.15, -0.1) is 0 Å². The second-order valence-corrected chi connectivity index (χ2v) is 7.49. The van der Waals surface area contributed by atoms with Crippen LogP contribution < -0.4 is 10.6 Å². The molecule has 0 amide bonds. The van der Waals surface area contributed by atoms with Gasteiger partial charge in [-0.05, 0) is 31.6 Å². The number of aryl methyl sites for hydroxylation is 1. The molecular formula is C19H29N5O4. The van der Waals surface area contributed by atoms with Gasteiger partial charge in [0, 0.05) is 34.3 Å². The summed E-state index contributed by atoms with van der Waals surface area (Å²) in [7, 11) is 6.74. The van der Waals surface area contributed by atoms with Crippen LogP contribution in [0.15, 0.2) is 11.0 Å². The van der Waals surface area contributed by atoms with E-state index in [1.165, 1.54) is 7.11 Å². The van der Waals surface area contributed by atoms with E-state index in [0.29, 0.717) is 37.2 Å². The topological polar surface area (TPSA) is 91.5 Å². The molecule has 154 valence electrons. The minimum absolute atomic E-state index is 0.0196. The largest absolute Gasteiger partial charge is 0.469 e. The normalized spacial score (nSPS) is 19.7. The number of ether oxygens (including phenoxy) is 2. The standard InChI is InChI=1S/C19H29N5O4/c1-22(9-10-27-3)18-20-11-15-16(21-18)24(19(26)23(15)2)12-13-5-7-14(8-6-13)17(25)28-4/h11,13-14H,5-10,12H2,1-4H3/t13-,14-. The lowest BCUT2D eigenvalue weighted by atomic mass is 9.82. The number of aromatic nitrogens is 4. The molecule has 0 N–H and O–H groups in total. The minimum atomic E-state index is -0.128. The van der Waals surface area contributed by atoms with E-state index in [-0.39, 0.29) is 17.6 Å². The van der Waals surface area contributed by atoms with Gasteiger partial charge in [-0.1, -0.05) is 0 Å². The second-order valence-electron chi connectivity index (χ2n) is 7.49. The average molecular weight is 391 g/mol. The Morgan fingerprint density at radius 1 is 1.29 bits per heavy atom. The number of hydrogen-bond acceptors (Lipinski definition) is 7. The summed E-state index contributed by atoms with van der Waals surface area (Å²) >= 11 is 0. The average Bonchev–Trinajstić information content (AvgIpc) is 2.96. The zero-order valence-corrected chi connectivity index (χ0v) is 17.1. The first kappa shape index (κ1) is 20.3. The van der Waals surface area contributed by atoms with Gasteiger partial charge in [-0.3, -0.25) is 13.9 Å². The van der Waals surface area contributed by atoms with E-state index in [2.05, 4.69) is 9.97 Å². The molecule has 0 saturated heterocycles. The molecule has 0 aliphatic heterocycles. The van der Waals surface area contributed by atoms with Crippen molar-refractivity contribution in [3.63, 3.8) is 0 Å². The second kappa shape index (κ2) is 8.72. The fraction of sp³-hybridized carbons (Fsp3) is 0.684. The molecule has 0 unspecified atom stereocenters. The van der Waals surface area contributed by atoms with E-state index < -0.39 is 0 Å². The van der Waals surface area contributed by atoms with Crippen LogP contribution in [-0.2, 0) is 27.9 Å². The molecule has 0 atom stereocenters. The molecule has 0 bridgehead atoms. The SMILES string of the molecule is COCCN(C)c1ncc2c(n1)n(C[C@H]1CC[C@H](C(=O)OC)CC1)c(=O)n2C. The van der Waals surface area contributed by atoms with Crippen LogP contribution in [0, 0.1) is 11.8 Å². The number of imidazole rings is 1. The molecule has 9 heteroatoms. The molecule has 2 aromatic rings. The summed E-state index contributed by atoms with van der Waals surface area (Å²) in [5.41, 5.74) is 1.28. The molecule has 1 aliphatic rings. The molecule has 1 fully saturated rings. The van der Waals surface area contributed by atoms with Gasteiger partial charge < -0.3 is 14.4 Å². The van der Waals surface area contributed by atoms with Crippen LogP contribution in [0.5, 0.6) is 0 Å².